The summed E-state index contributed by atoms with van der Waals surface area (Å²) in [4.78, 5) is 15.8. The van der Waals surface area contributed by atoms with Crippen molar-refractivity contribution < 1.29 is 4.79 Å². The second-order valence-corrected chi connectivity index (χ2v) is 14.6. The number of rotatable bonds is 0. The van der Waals surface area contributed by atoms with Gasteiger partial charge in [-0.1, -0.05) is 97.1 Å². The van der Waals surface area contributed by atoms with E-state index in [1.807, 2.05) is 0 Å². The van der Waals surface area contributed by atoms with Crippen molar-refractivity contribution in [3.63, 3.8) is 0 Å². The first-order chi connectivity index (χ1) is 23.7. The topological polar surface area (TPSA) is 17.1 Å². The molecular formula is C47H26O. The highest BCUT2D eigenvalue weighted by Gasteiger charge is 2.53. The van der Waals surface area contributed by atoms with Gasteiger partial charge in [0.25, 0.3) is 0 Å². The maximum Gasteiger partial charge on any atom is 0.156 e. The Labute approximate surface area is 277 Å². The molecule has 0 bridgehead atoms. The Morgan fingerprint density at radius 3 is 1.12 bits per heavy atom. The maximum absolute atomic E-state index is 15.8. The Kier molecular flexibility index (Phi) is 4.07. The van der Waals surface area contributed by atoms with Gasteiger partial charge < -0.3 is 0 Å². The Balaban J connectivity index is 1.25. The van der Waals surface area contributed by atoms with Crippen molar-refractivity contribution in [1.29, 1.82) is 0 Å². The molecule has 0 saturated heterocycles. The summed E-state index contributed by atoms with van der Waals surface area (Å²) in [5.41, 5.74) is 18.3. The zero-order valence-electron chi connectivity index (χ0n) is 25.9. The van der Waals surface area contributed by atoms with E-state index in [4.69, 9.17) is 0 Å². The van der Waals surface area contributed by atoms with E-state index in [1.165, 1.54) is 110 Å². The maximum atomic E-state index is 15.8. The molecule has 0 radical (unpaired) electrons. The van der Waals surface area contributed by atoms with Crippen LogP contribution >= 0.6 is 0 Å². The van der Waals surface area contributed by atoms with Crippen molar-refractivity contribution in [1.82, 2.24) is 0 Å². The highest BCUT2D eigenvalue weighted by Crippen LogP contribution is 2.66. The summed E-state index contributed by atoms with van der Waals surface area (Å²) in [5.74, 6) is -0.0127. The second kappa shape index (κ2) is 8.01. The zero-order chi connectivity index (χ0) is 31.0. The van der Waals surface area contributed by atoms with E-state index in [9.17, 15) is 0 Å². The van der Waals surface area contributed by atoms with E-state index in [0.717, 1.165) is 0 Å². The third-order valence-corrected chi connectivity index (χ3v) is 12.6. The van der Waals surface area contributed by atoms with Gasteiger partial charge in [0.15, 0.2) is 5.78 Å². The first-order valence-electron chi connectivity index (χ1n) is 17.2. The summed E-state index contributed by atoms with van der Waals surface area (Å²) in [6.45, 7) is 0. The number of carbonyl (C=O) groups excluding carboxylic acids is 1. The van der Waals surface area contributed by atoms with Gasteiger partial charge in [0.05, 0.1) is 11.8 Å². The Bertz CT molecular complexity index is 2700. The van der Waals surface area contributed by atoms with Gasteiger partial charge in [-0.15, -0.1) is 0 Å². The molecule has 0 aliphatic heterocycles. The Morgan fingerprint density at radius 1 is 0.312 bits per heavy atom. The monoisotopic (exact) mass is 606 g/mol. The molecule has 48 heavy (non-hydrogen) atoms. The third-order valence-electron chi connectivity index (χ3n) is 12.6. The van der Waals surface area contributed by atoms with E-state index < -0.39 is 0 Å². The van der Waals surface area contributed by atoms with Crippen LogP contribution in [0.15, 0.2) is 133 Å². The smallest absolute Gasteiger partial charge is 0.156 e. The third kappa shape index (κ3) is 2.60. The quantitative estimate of drug-likeness (QED) is 0.168. The molecule has 0 amide bonds. The number of benzene rings is 8. The average molecular weight is 607 g/mol. The fourth-order valence-corrected chi connectivity index (χ4v) is 10.9. The van der Waals surface area contributed by atoms with Gasteiger partial charge in [0.1, 0.15) is 0 Å². The van der Waals surface area contributed by atoms with Gasteiger partial charge in [-0.3, -0.25) is 4.79 Å². The highest BCUT2D eigenvalue weighted by molar-refractivity contribution is 6.16. The number of carbonyl (C=O) groups is 1. The van der Waals surface area contributed by atoms with Gasteiger partial charge in [0, 0.05) is 11.8 Å². The number of ketones is 1. The number of hydrogen-bond acceptors (Lipinski definition) is 1. The van der Waals surface area contributed by atoms with Crippen LogP contribution in [0.2, 0.25) is 0 Å². The molecule has 5 aliphatic rings. The number of hydrogen-bond donors (Lipinski definition) is 0. The van der Waals surface area contributed by atoms with Crippen LogP contribution in [0.4, 0.5) is 0 Å². The van der Waals surface area contributed by atoms with Crippen molar-refractivity contribution in [3.8, 4) is 22.3 Å². The summed E-state index contributed by atoms with van der Waals surface area (Å²) in [6, 6.07) is 49.8. The molecule has 8 aromatic carbocycles. The SMILES string of the molecule is O=C1C2c3cc4ccccc4cc3C3c4ccccc4-c4cc5cc6c7c(c5c2c43)C1c1cc2ccccc2cc1C7c1ccccc1-6. The fraction of sp³-hybridized carbons (Fsp3) is 0.0851. The summed E-state index contributed by atoms with van der Waals surface area (Å²) in [5, 5.41) is 7.51. The first-order valence-corrected chi connectivity index (χ1v) is 17.2. The molecular weight excluding hydrogens is 581 g/mol. The van der Waals surface area contributed by atoms with Gasteiger partial charge in [0.2, 0.25) is 0 Å². The lowest BCUT2D eigenvalue weighted by molar-refractivity contribution is -0.120. The standard InChI is InChI=1S/C47H26O/c48-47-43-36-19-25-11-3-1-9-23(25)17-34(36)39-30-15-7-5-13-28(30)32-21-27-22-33-29-14-6-8-16-31(29)40-35-18-24-10-2-4-12-26(24)20-37(35)44(47)46(42(33)40)38(27)45(43)41(32)39/h1-22,39-40,43-44H. The molecule has 13 rings (SSSR count). The molecule has 4 unspecified atom stereocenters. The van der Waals surface area contributed by atoms with Crippen molar-refractivity contribution in [3.05, 3.63) is 189 Å². The zero-order valence-corrected chi connectivity index (χ0v) is 25.9. The predicted molar refractivity (Wildman–Crippen MR) is 193 cm³/mol. The van der Waals surface area contributed by atoms with Crippen LogP contribution in [0.25, 0.3) is 54.6 Å². The minimum absolute atomic E-state index is 0.129. The highest BCUT2D eigenvalue weighted by atomic mass is 16.1. The molecule has 0 spiro atoms. The van der Waals surface area contributed by atoms with Crippen LogP contribution in [0, 0.1) is 0 Å². The molecule has 5 aliphatic carbocycles. The van der Waals surface area contributed by atoms with Crippen LogP contribution in [0.3, 0.4) is 0 Å². The lowest BCUT2D eigenvalue weighted by atomic mass is 9.58. The molecule has 0 aromatic heterocycles. The molecule has 4 atom stereocenters. The molecule has 1 nitrogen and oxygen atoms in total. The Morgan fingerprint density at radius 2 is 0.688 bits per heavy atom. The van der Waals surface area contributed by atoms with E-state index in [1.54, 1.807) is 0 Å². The fourth-order valence-electron chi connectivity index (χ4n) is 10.9. The lowest BCUT2D eigenvalue weighted by Crippen LogP contribution is -2.35. The molecule has 0 heterocycles. The van der Waals surface area contributed by atoms with Crippen LogP contribution in [-0.2, 0) is 4.79 Å². The van der Waals surface area contributed by atoms with Crippen molar-refractivity contribution in [2.24, 2.45) is 0 Å². The molecule has 0 fully saturated rings. The summed E-state index contributed by atoms with van der Waals surface area (Å²) in [7, 11) is 0. The first kappa shape index (κ1) is 24.4. The van der Waals surface area contributed by atoms with Crippen molar-refractivity contribution in [2.45, 2.75) is 23.7 Å². The molecule has 8 aromatic rings. The van der Waals surface area contributed by atoms with Crippen molar-refractivity contribution >= 4 is 38.1 Å². The van der Waals surface area contributed by atoms with Crippen LogP contribution in [-0.4, -0.2) is 5.78 Å². The van der Waals surface area contributed by atoms with Crippen molar-refractivity contribution in [2.75, 3.05) is 0 Å². The normalized spacial score (nSPS) is 21.0. The van der Waals surface area contributed by atoms with Crippen LogP contribution in [0.1, 0.15) is 79.3 Å². The van der Waals surface area contributed by atoms with Gasteiger partial charge in [-0.25, -0.2) is 0 Å². The van der Waals surface area contributed by atoms with Gasteiger partial charge in [-0.2, -0.15) is 0 Å². The summed E-state index contributed by atoms with van der Waals surface area (Å²) in [6.07, 6.45) is 0. The minimum atomic E-state index is -0.303. The van der Waals surface area contributed by atoms with E-state index >= 15 is 4.79 Å². The largest absolute Gasteiger partial charge is 0.298 e. The summed E-state index contributed by atoms with van der Waals surface area (Å²) >= 11 is 0. The molecule has 1 heteroatoms. The lowest BCUT2D eigenvalue weighted by Gasteiger charge is -2.43. The average Bonchev–Trinajstić information content (AvgIpc) is 3.64. The second-order valence-electron chi connectivity index (χ2n) is 14.6. The summed E-state index contributed by atoms with van der Waals surface area (Å²) < 4.78 is 0. The molecule has 0 saturated carbocycles. The predicted octanol–water partition coefficient (Wildman–Crippen LogP) is 10.9. The van der Waals surface area contributed by atoms with Gasteiger partial charge >= 0.3 is 0 Å². The van der Waals surface area contributed by atoms with Gasteiger partial charge in [-0.05, 0) is 147 Å². The Hall–Kier alpha value is -5.79. The number of fused-ring (bicyclic) bond motifs is 14. The van der Waals surface area contributed by atoms with E-state index in [2.05, 4.69) is 133 Å². The van der Waals surface area contributed by atoms with E-state index in [-0.39, 0.29) is 23.7 Å². The van der Waals surface area contributed by atoms with Crippen LogP contribution < -0.4 is 0 Å². The van der Waals surface area contributed by atoms with Crippen LogP contribution in [0.5, 0.6) is 0 Å². The number of Topliss-reactive ketones (excluding diaryl/α,β-unsaturated/α-hetero) is 1. The molecule has 220 valence electrons. The molecule has 0 N–H and O–H groups in total. The minimum Gasteiger partial charge on any atom is -0.298 e. The van der Waals surface area contributed by atoms with E-state index in [0.29, 0.717) is 5.78 Å².